The van der Waals surface area contributed by atoms with Crippen molar-refractivity contribution < 1.29 is 23.6 Å². The molecule has 0 aromatic carbocycles. The van der Waals surface area contributed by atoms with E-state index in [1.54, 1.807) is 6.92 Å². The van der Waals surface area contributed by atoms with Crippen LogP contribution in [0.5, 0.6) is 0 Å². The Bertz CT molecular complexity index is 636. The van der Waals surface area contributed by atoms with Crippen molar-refractivity contribution in [3.05, 3.63) is 11.8 Å². The van der Waals surface area contributed by atoms with Crippen molar-refractivity contribution in [3.8, 4) is 0 Å². The molecule has 22 heavy (non-hydrogen) atoms. The molecule has 9 heteroatoms. The van der Waals surface area contributed by atoms with Crippen LogP contribution >= 0.6 is 0 Å². The number of carbonyl (C=O) groups excluding carboxylic acids is 3. The van der Waals surface area contributed by atoms with Gasteiger partial charge in [0.15, 0.2) is 11.9 Å². The molecule has 0 saturated carbocycles. The first-order valence-corrected chi connectivity index (χ1v) is 6.66. The van der Waals surface area contributed by atoms with Crippen LogP contribution in [0.25, 0.3) is 0 Å². The van der Waals surface area contributed by atoms with Crippen LogP contribution in [-0.4, -0.2) is 46.8 Å². The summed E-state index contributed by atoms with van der Waals surface area (Å²) >= 11 is 0. The number of hydrazone groups is 1. The highest BCUT2D eigenvalue weighted by atomic mass is 16.5. The number of aromatic nitrogens is 1. The molecule has 0 spiro atoms. The largest absolute Gasteiger partial charge is 0.448 e. The zero-order valence-electron chi connectivity index (χ0n) is 12.5. The average molecular weight is 308 g/mol. The second-order valence-corrected chi connectivity index (χ2v) is 4.82. The highest BCUT2D eigenvalue weighted by molar-refractivity contribution is 6.37. The summed E-state index contributed by atoms with van der Waals surface area (Å²) in [6.45, 7) is 3.11. The Morgan fingerprint density at radius 1 is 1.45 bits per heavy atom. The van der Waals surface area contributed by atoms with E-state index in [2.05, 4.69) is 15.6 Å². The number of nitrogens with one attached hydrogen (secondary N) is 1. The monoisotopic (exact) mass is 308 g/mol. The molecule has 1 aromatic rings. The van der Waals surface area contributed by atoms with Crippen LogP contribution < -0.4 is 5.32 Å². The third kappa shape index (κ3) is 3.68. The summed E-state index contributed by atoms with van der Waals surface area (Å²) in [4.78, 5) is 35.1. The van der Waals surface area contributed by atoms with Gasteiger partial charge in [-0.25, -0.2) is 9.80 Å². The van der Waals surface area contributed by atoms with Gasteiger partial charge in [0.05, 0.1) is 0 Å². The van der Waals surface area contributed by atoms with E-state index in [4.69, 9.17) is 9.26 Å². The minimum absolute atomic E-state index is 0.110. The molecule has 118 valence electrons. The van der Waals surface area contributed by atoms with Crippen molar-refractivity contribution in [2.75, 3.05) is 12.4 Å². The molecule has 0 bridgehead atoms. The molecule has 1 aliphatic heterocycles. The van der Waals surface area contributed by atoms with Crippen molar-refractivity contribution in [3.63, 3.8) is 0 Å². The smallest absolute Gasteiger partial charge is 0.355 e. The van der Waals surface area contributed by atoms with Crippen LogP contribution in [0, 0.1) is 6.92 Å². The number of hydrogen-bond acceptors (Lipinski definition) is 7. The van der Waals surface area contributed by atoms with Gasteiger partial charge in [0.1, 0.15) is 11.5 Å². The van der Waals surface area contributed by atoms with Crippen LogP contribution in [-0.2, 0) is 19.1 Å². The Hall–Kier alpha value is -2.71. The summed E-state index contributed by atoms with van der Waals surface area (Å²) in [6.07, 6.45) is -0.655. The molecule has 0 radical (unpaired) electrons. The third-order valence-electron chi connectivity index (χ3n) is 2.98. The van der Waals surface area contributed by atoms with Gasteiger partial charge in [-0.05, 0) is 13.8 Å². The maximum atomic E-state index is 11.9. The molecule has 1 aliphatic rings. The number of aryl methyl sites for hydroxylation is 1. The first kappa shape index (κ1) is 15.7. The Labute approximate surface area is 126 Å². The number of rotatable bonds is 4. The summed E-state index contributed by atoms with van der Waals surface area (Å²) in [7, 11) is 1.46. The molecule has 0 fully saturated rings. The van der Waals surface area contributed by atoms with Gasteiger partial charge in [-0.3, -0.25) is 9.59 Å². The predicted octanol–water partition coefficient (Wildman–Crippen LogP) is 0.461. The quantitative estimate of drug-likeness (QED) is 0.808. The maximum Gasteiger partial charge on any atom is 0.355 e. The van der Waals surface area contributed by atoms with Gasteiger partial charge >= 0.3 is 5.97 Å². The van der Waals surface area contributed by atoms with E-state index in [0.29, 0.717) is 5.76 Å². The molecular weight excluding hydrogens is 292 g/mol. The minimum atomic E-state index is -1.03. The highest BCUT2D eigenvalue weighted by Gasteiger charge is 2.26. The number of nitrogens with zero attached hydrogens (tertiary/aromatic N) is 3. The third-order valence-corrected chi connectivity index (χ3v) is 2.98. The number of esters is 1. The fourth-order valence-corrected chi connectivity index (χ4v) is 1.75. The van der Waals surface area contributed by atoms with Gasteiger partial charge in [0.25, 0.3) is 5.91 Å². The Balaban J connectivity index is 1.92. The van der Waals surface area contributed by atoms with Gasteiger partial charge in [-0.15, -0.1) is 0 Å². The van der Waals surface area contributed by atoms with Crippen molar-refractivity contribution in [1.29, 1.82) is 0 Å². The Morgan fingerprint density at radius 3 is 2.77 bits per heavy atom. The molecule has 2 heterocycles. The summed E-state index contributed by atoms with van der Waals surface area (Å²) in [6, 6.07) is 1.54. The van der Waals surface area contributed by atoms with E-state index < -0.39 is 18.0 Å². The van der Waals surface area contributed by atoms with Crippen molar-refractivity contribution in [1.82, 2.24) is 10.2 Å². The van der Waals surface area contributed by atoms with Crippen molar-refractivity contribution >= 4 is 29.3 Å². The average Bonchev–Trinajstić information content (AvgIpc) is 2.86. The maximum absolute atomic E-state index is 11.9. The lowest BCUT2D eigenvalue weighted by molar-refractivity contribution is -0.146. The molecule has 1 atom stereocenters. The van der Waals surface area contributed by atoms with Gasteiger partial charge in [-0.2, -0.15) is 5.10 Å². The second kappa shape index (κ2) is 6.37. The zero-order chi connectivity index (χ0) is 16.3. The summed E-state index contributed by atoms with van der Waals surface area (Å²) in [5, 5.41) is 11.0. The van der Waals surface area contributed by atoms with E-state index in [0.717, 1.165) is 5.01 Å². The lowest BCUT2D eigenvalue weighted by atomic mass is 10.2. The summed E-state index contributed by atoms with van der Waals surface area (Å²) in [5.41, 5.74) is 0.110. The molecule has 2 rings (SSSR count). The summed E-state index contributed by atoms with van der Waals surface area (Å²) in [5.74, 6) is -0.653. The fourth-order valence-electron chi connectivity index (χ4n) is 1.75. The van der Waals surface area contributed by atoms with Gasteiger partial charge in [-0.1, -0.05) is 5.16 Å². The Kier molecular flexibility index (Phi) is 4.54. The predicted molar refractivity (Wildman–Crippen MR) is 74.9 cm³/mol. The van der Waals surface area contributed by atoms with Gasteiger partial charge < -0.3 is 14.6 Å². The normalized spacial score (nSPS) is 16.0. The lowest BCUT2D eigenvalue weighted by Gasteiger charge is -2.19. The number of hydrogen-bond donors (Lipinski definition) is 1. The number of amides is 2. The second-order valence-electron chi connectivity index (χ2n) is 4.82. The molecule has 0 aliphatic carbocycles. The molecule has 2 amide bonds. The van der Waals surface area contributed by atoms with Crippen LogP contribution in [0.3, 0.4) is 0 Å². The lowest BCUT2D eigenvalue weighted by Crippen LogP contribution is -2.36. The molecule has 1 unspecified atom stereocenters. The number of carbonyl (C=O) groups is 3. The molecule has 0 saturated heterocycles. The number of ether oxygens (including phenoxy) is 1. The molecule has 9 nitrogen and oxygen atoms in total. The number of anilines is 1. The highest BCUT2D eigenvalue weighted by Crippen LogP contribution is 2.11. The molecular formula is C13H16N4O5. The molecule has 1 N–H and O–H groups in total. The van der Waals surface area contributed by atoms with E-state index in [-0.39, 0.29) is 30.3 Å². The van der Waals surface area contributed by atoms with Crippen molar-refractivity contribution in [2.24, 2.45) is 5.10 Å². The van der Waals surface area contributed by atoms with E-state index >= 15 is 0 Å². The van der Waals surface area contributed by atoms with Gasteiger partial charge in [0, 0.05) is 26.0 Å². The first-order valence-electron chi connectivity index (χ1n) is 6.66. The van der Waals surface area contributed by atoms with Crippen LogP contribution in [0.2, 0.25) is 0 Å². The van der Waals surface area contributed by atoms with Crippen molar-refractivity contribution in [2.45, 2.75) is 32.8 Å². The topological polar surface area (TPSA) is 114 Å². The van der Waals surface area contributed by atoms with Crippen LogP contribution in [0.15, 0.2) is 15.7 Å². The van der Waals surface area contributed by atoms with Gasteiger partial charge in [0.2, 0.25) is 5.91 Å². The SMILES string of the molecule is Cc1cc(NC(=O)C(C)OC(=O)C2=NN(C)C(=O)CC2)no1. The van der Waals surface area contributed by atoms with E-state index in [1.165, 1.54) is 20.0 Å². The summed E-state index contributed by atoms with van der Waals surface area (Å²) < 4.78 is 9.85. The van der Waals surface area contributed by atoms with E-state index in [9.17, 15) is 14.4 Å². The van der Waals surface area contributed by atoms with Crippen LogP contribution in [0.1, 0.15) is 25.5 Å². The minimum Gasteiger partial charge on any atom is -0.448 e. The van der Waals surface area contributed by atoms with Crippen LogP contribution in [0.4, 0.5) is 5.82 Å². The first-order chi connectivity index (χ1) is 10.4. The standard InChI is InChI=1S/C13H16N4O5/c1-7-6-10(16-22-7)14-12(19)8(2)21-13(20)9-4-5-11(18)17(3)15-9/h6,8H,4-5H2,1-3H3,(H,14,16,19). The van der Waals surface area contributed by atoms with E-state index in [1.807, 2.05) is 0 Å². The fraction of sp³-hybridized carbons (Fsp3) is 0.462. The zero-order valence-corrected chi connectivity index (χ0v) is 12.5. The Morgan fingerprint density at radius 2 is 2.18 bits per heavy atom. The molecule has 1 aromatic heterocycles.